The number of nitrogens with one attached hydrogen (secondary N) is 1. The molecule has 0 spiro atoms. The van der Waals surface area contributed by atoms with Gasteiger partial charge in [0.1, 0.15) is 0 Å². The van der Waals surface area contributed by atoms with Crippen molar-refractivity contribution in [2.24, 2.45) is 0 Å². The summed E-state index contributed by atoms with van der Waals surface area (Å²) in [4.78, 5) is 0. The van der Waals surface area contributed by atoms with E-state index in [1.54, 1.807) is 4.68 Å². The second kappa shape index (κ2) is 4.17. The van der Waals surface area contributed by atoms with Gasteiger partial charge in [-0.15, -0.1) is 0 Å². The van der Waals surface area contributed by atoms with Crippen LogP contribution in [0.4, 0.5) is 0 Å². The summed E-state index contributed by atoms with van der Waals surface area (Å²) in [6, 6.07) is 5.77. The maximum absolute atomic E-state index is 6.04. The Hall–Kier alpha value is -0.490. The van der Waals surface area contributed by atoms with Crippen LogP contribution in [0.3, 0.4) is 0 Å². The third-order valence-corrected chi connectivity index (χ3v) is 3.79. The largest absolute Gasteiger partial charge is 0.273 e. The van der Waals surface area contributed by atoms with Gasteiger partial charge < -0.3 is 0 Å². The zero-order chi connectivity index (χ0) is 11.0. The molecule has 1 aromatic carbocycles. The first-order chi connectivity index (χ1) is 7.08. The summed E-state index contributed by atoms with van der Waals surface area (Å²) in [6.07, 6.45) is 0. The highest BCUT2D eigenvalue weighted by molar-refractivity contribution is 7.75. The molecule has 0 fully saturated rings. The number of benzene rings is 1. The maximum Gasteiger partial charge on any atom is 0.183 e. The second-order valence-electron chi connectivity index (χ2n) is 3.04. The lowest BCUT2D eigenvalue weighted by atomic mass is 10.2. The molecule has 2 aromatic rings. The zero-order valence-electron chi connectivity index (χ0n) is 7.78. The predicted molar refractivity (Wildman–Crippen MR) is 69.4 cm³/mol. The van der Waals surface area contributed by atoms with Gasteiger partial charge in [-0.05, 0) is 49.1 Å². The van der Waals surface area contributed by atoms with Gasteiger partial charge in [0.05, 0.1) is 5.69 Å². The van der Waals surface area contributed by atoms with Crippen molar-refractivity contribution in [2.45, 2.75) is 6.92 Å². The Morgan fingerprint density at radius 2 is 2.13 bits per heavy atom. The fraction of sp³-hybridized carbons (Fsp3) is 0.111. The lowest BCUT2D eigenvalue weighted by Gasteiger charge is -2.03. The van der Waals surface area contributed by atoms with Crippen molar-refractivity contribution in [3.8, 4) is 5.69 Å². The summed E-state index contributed by atoms with van der Waals surface area (Å²) < 4.78 is 3.12. The average molecular weight is 275 g/mol. The maximum atomic E-state index is 6.04. The van der Waals surface area contributed by atoms with E-state index in [4.69, 9.17) is 36.0 Å². The molecular weight excluding hydrogens is 268 g/mol. The molecule has 15 heavy (non-hydrogen) atoms. The number of hydrogen-bond donors (Lipinski definition) is 1. The van der Waals surface area contributed by atoms with Crippen LogP contribution in [0.5, 0.6) is 0 Å². The van der Waals surface area contributed by atoms with Crippen molar-refractivity contribution < 1.29 is 0 Å². The van der Waals surface area contributed by atoms with Crippen LogP contribution in [0, 0.1) is 14.8 Å². The summed E-state index contributed by atoms with van der Waals surface area (Å²) in [5, 5.41) is 3.72. The quantitative estimate of drug-likeness (QED) is 0.783. The molecule has 0 amide bonds. The molecular formula is C9H7ClN2S3. The van der Waals surface area contributed by atoms with E-state index >= 15 is 0 Å². The molecule has 0 aliphatic rings. The SMILES string of the molecule is Cc1ccc(-n2[nH]c(=S)sc2=S)cc1Cl. The van der Waals surface area contributed by atoms with Gasteiger partial charge >= 0.3 is 0 Å². The van der Waals surface area contributed by atoms with Crippen molar-refractivity contribution in [1.82, 2.24) is 9.78 Å². The molecule has 0 aliphatic heterocycles. The van der Waals surface area contributed by atoms with Gasteiger partial charge in [0.15, 0.2) is 7.91 Å². The molecule has 78 valence electrons. The molecule has 0 unspecified atom stereocenters. The first kappa shape index (κ1) is 11.0. The highest BCUT2D eigenvalue weighted by Gasteiger charge is 2.02. The molecule has 1 aromatic heterocycles. The molecule has 0 atom stereocenters. The Bertz CT molecular complexity index is 608. The van der Waals surface area contributed by atoms with Crippen molar-refractivity contribution in [3.63, 3.8) is 0 Å². The molecule has 0 saturated carbocycles. The van der Waals surface area contributed by atoms with E-state index in [2.05, 4.69) is 5.10 Å². The van der Waals surface area contributed by atoms with E-state index in [0.29, 0.717) is 7.91 Å². The van der Waals surface area contributed by atoms with Gasteiger partial charge in [0.2, 0.25) is 0 Å². The van der Waals surface area contributed by atoms with Gasteiger partial charge in [-0.3, -0.25) is 5.10 Å². The van der Waals surface area contributed by atoms with Gasteiger partial charge in [-0.1, -0.05) is 29.0 Å². The summed E-state index contributed by atoms with van der Waals surface area (Å²) in [6.45, 7) is 1.96. The Morgan fingerprint density at radius 1 is 1.40 bits per heavy atom. The third kappa shape index (κ3) is 2.20. The third-order valence-electron chi connectivity index (χ3n) is 1.98. The number of aryl methyl sites for hydroxylation is 1. The summed E-state index contributed by atoms with van der Waals surface area (Å²) >= 11 is 17.6. The molecule has 2 nitrogen and oxygen atoms in total. The van der Waals surface area contributed by atoms with Crippen LogP contribution in [-0.2, 0) is 0 Å². The van der Waals surface area contributed by atoms with Gasteiger partial charge in [-0.25, -0.2) is 4.68 Å². The molecule has 0 aliphatic carbocycles. The number of aromatic nitrogens is 2. The lowest BCUT2D eigenvalue weighted by molar-refractivity contribution is 0.864. The van der Waals surface area contributed by atoms with E-state index in [0.717, 1.165) is 16.3 Å². The monoisotopic (exact) mass is 274 g/mol. The number of nitrogens with zero attached hydrogens (tertiary/aromatic N) is 1. The van der Waals surface area contributed by atoms with E-state index in [1.165, 1.54) is 11.3 Å². The molecule has 2 rings (SSSR count). The molecule has 1 heterocycles. The van der Waals surface area contributed by atoms with Gasteiger partial charge in [0, 0.05) is 5.02 Å². The number of rotatable bonds is 1. The smallest absolute Gasteiger partial charge is 0.183 e. The van der Waals surface area contributed by atoms with Crippen LogP contribution in [0.25, 0.3) is 5.69 Å². The normalized spacial score (nSPS) is 10.5. The molecule has 0 radical (unpaired) electrons. The Kier molecular flexibility index (Phi) is 3.06. The van der Waals surface area contributed by atoms with E-state index < -0.39 is 0 Å². The summed E-state index contributed by atoms with van der Waals surface area (Å²) in [5.41, 5.74) is 1.95. The van der Waals surface area contributed by atoms with Crippen LogP contribution in [0.2, 0.25) is 5.02 Å². The standard InChI is InChI=1S/C9H7ClN2S3/c1-5-2-3-6(4-7(5)10)12-9(14)15-8(13)11-12/h2-4H,1H3,(H,11,13). The fourth-order valence-corrected chi connectivity index (χ4v) is 2.78. The van der Waals surface area contributed by atoms with Crippen LogP contribution < -0.4 is 0 Å². The van der Waals surface area contributed by atoms with Gasteiger partial charge in [0.25, 0.3) is 0 Å². The minimum absolute atomic E-state index is 0.664. The molecule has 0 bridgehead atoms. The van der Waals surface area contributed by atoms with E-state index in [1.807, 2.05) is 25.1 Å². The predicted octanol–water partition coefficient (Wildman–Crippen LogP) is 4.29. The lowest BCUT2D eigenvalue weighted by Crippen LogP contribution is -1.96. The van der Waals surface area contributed by atoms with Crippen molar-refractivity contribution in [3.05, 3.63) is 36.7 Å². The Balaban J connectivity index is 2.64. The minimum atomic E-state index is 0.664. The van der Waals surface area contributed by atoms with E-state index in [-0.39, 0.29) is 0 Å². The molecule has 0 saturated heterocycles. The van der Waals surface area contributed by atoms with Crippen LogP contribution >= 0.6 is 47.4 Å². The number of aromatic amines is 1. The van der Waals surface area contributed by atoms with Crippen LogP contribution in [0.15, 0.2) is 18.2 Å². The number of H-pyrrole nitrogens is 1. The fourth-order valence-electron chi connectivity index (χ4n) is 1.18. The van der Waals surface area contributed by atoms with Crippen molar-refractivity contribution in [2.75, 3.05) is 0 Å². The van der Waals surface area contributed by atoms with Crippen LogP contribution in [0.1, 0.15) is 5.56 Å². The highest BCUT2D eigenvalue weighted by Crippen LogP contribution is 2.20. The Morgan fingerprint density at radius 3 is 2.67 bits per heavy atom. The summed E-state index contributed by atoms with van der Waals surface area (Å²) in [5.74, 6) is 0. The Labute approximate surface area is 106 Å². The van der Waals surface area contributed by atoms with Crippen molar-refractivity contribution >= 4 is 47.4 Å². The number of halogens is 1. The van der Waals surface area contributed by atoms with Crippen molar-refractivity contribution in [1.29, 1.82) is 0 Å². The molecule has 1 N–H and O–H groups in total. The highest BCUT2D eigenvalue weighted by atomic mass is 35.5. The first-order valence-corrected chi connectivity index (χ1v) is 6.18. The van der Waals surface area contributed by atoms with Gasteiger partial charge in [-0.2, -0.15) is 0 Å². The molecule has 6 heteroatoms. The number of hydrogen-bond acceptors (Lipinski definition) is 3. The minimum Gasteiger partial charge on any atom is -0.273 e. The summed E-state index contributed by atoms with van der Waals surface area (Å²) in [7, 11) is 0. The average Bonchev–Trinajstić information content (AvgIpc) is 2.50. The second-order valence-corrected chi connectivity index (χ2v) is 5.75. The first-order valence-electron chi connectivity index (χ1n) is 4.16. The van der Waals surface area contributed by atoms with Crippen LogP contribution in [-0.4, -0.2) is 9.78 Å². The topological polar surface area (TPSA) is 20.7 Å². The zero-order valence-corrected chi connectivity index (χ0v) is 11.0. The van der Waals surface area contributed by atoms with E-state index in [9.17, 15) is 0 Å².